The number of aryl methyl sites for hydroxylation is 1. The zero-order valence-electron chi connectivity index (χ0n) is 25.6. The molecule has 1 saturated heterocycles. The number of aliphatic hydroxyl groups is 2. The molecule has 13 heteroatoms. The molecule has 2 aromatic carbocycles. The van der Waals surface area contributed by atoms with Crippen molar-refractivity contribution in [1.82, 2.24) is 20.1 Å². The number of benzene rings is 2. The van der Waals surface area contributed by atoms with Gasteiger partial charge in [-0.3, -0.25) is 14.5 Å². The number of ether oxygens (including phenoxy) is 2. The standard InChI is InChI=1S/C33H35Cl2N5O6/c1-39-15-21(32(43)40(2)33(39)44)30(42)37-24-9-5-7-19(29(24)35)18-6-4-8-20(28(18)34)25-14-17-10-11-23(27(17)31(38-25)45-3)36-22-12-13-46-16-26(22)41/h4-9,14-15,22-23,26,33,36,41,44H,10-13,16H2,1-3H3,(H,37,42)/t22-,23-,26+,33?/m1/s1. The van der Waals surface area contributed by atoms with Crippen LogP contribution in [0.5, 0.6) is 5.88 Å². The number of nitrogens with one attached hydrogen (secondary N) is 2. The van der Waals surface area contributed by atoms with Crippen LogP contribution in [0.4, 0.5) is 5.69 Å². The maximum atomic E-state index is 13.1. The maximum absolute atomic E-state index is 13.1. The average molecular weight is 669 g/mol. The highest BCUT2D eigenvalue weighted by Crippen LogP contribution is 2.44. The summed E-state index contributed by atoms with van der Waals surface area (Å²) in [6.07, 6.45) is 1.94. The molecule has 1 fully saturated rings. The third kappa shape index (κ3) is 5.94. The van der Waals surface area contributed by atoms with Crippen molar-refractivity contribution >= 4 is 40.7 Å². The molecule has 1 aromatic heterocycles. The molecular formula is C33H35Cl2N5O6. The van der Waals surface area contributed by atoms with Crippen LogP contribution < -0.4 is 15.4 Å². The first kappa shape index (κ1) is 32.2. The van der Waals surface area contributed by atoms with Crippen molar-refractivity contribution in [3.8, 4) is 28.3 Å². The van der Waals surface area contributed by atoms with Gasteiger partial charge in [0.05, 0.1) is 41.2 Å². The first-order valence-electron chi connectivity index (χ1n) is 15.0. The normalized spacial score (nSPS) is 22.8. The van der Waals surface area contributed by atoms with Gasteiger partial charge in [0.25, 0.3) is 11.8 Å². The van der Waals surface area contributed by atoms with Gasteiger partial charge in [-0.05, 0) is 37.0 Å². The van der Waals surface area contributed by atoms with Crippen LogP contribution in [0, 0.1) is 0 Å². The summed E-state index contributed by atoms with van der Waals surface area (Å²) >= 11 is 13.9. The lowest BCUT2D eigenvalue weighted by molar-refractivity contribution is -0.148. The molecular weight excluding hydrogens is 633 g/mol. The number of methoxy groups -OCH3 is 1. The minimum atomic E-state index is -1.17. The van der Waals surface area contributed by atoms with Crippen molar-refractivity contribution in [2.75, 3.05) is 39.7 Å². The van der Waals surface area contributed by atoms with Gasteiger partial charge in [-0.1, -0.05) is 53.5 Å². The van der Waals surface area contributed by atoms with Crippen LogP contribution >= 0.6 is 23.2 Å². The number of anilines is 1. The van der Waals surface area contributed by atoms with Gasteiger partial charge in [0.2, 0.25) is 12.2 Å². The Morgan fingerprint density at radius 3 is 2.52 bits per heavy atom. The van der Waals surface area contributed by atoms with Crippen LogP contribution in [-0.2, 0) is 20.7 Å². The molecule has 1 unspecified atom stereocenters. The van der Waals surface area contributed by atoms with Crippen LogP contribution in [0.2, 0.25) is 10.0 Å². The Morgan fingerprint density at radius 2 is 1.78 bits per heavy atom. The Kier molecular flexibility index (Phi) is 9.24. The van der Waals surface area contributed by atoms with E-state index in [1.165, 1.54) is 18.1 Å². The number of carbonyl (C=O) groups excluding carboxylic acids is 2. The monoisotopic (exact) mass is 667 g/mol. The number of aromatic nitrogens is 1. The Hall–Kier alpha value is -3.71. The van der Waals surface area contributed by atoms with Crippen molar-refractivity contribution in [2.24, 2.45) is 0 Å². The average Bonchev–Trinajstić information content (AvgIpc) is 3.46. The number of fused-ring (bicyclic) bond motifs is 1. The first-order valence-corrected chi connectivity index (χ1v) is 15.7. The summed E-state index contributed by atoms with van der Waals surface area (Å²) in [5.41, 5.74) is 4.77. The smallest absolute Gasteiger partial charge is 0.264 e. The summed E-state index contributed by atoms with van der Waals surface area (Å²) < 4.78 is 11.2. The number of aliphatic hydroxyl groups excluding tert-OH is 2. The van der Waals surface area contributed by atoms with Crippen molar-refractivity contribution in [3.05, 3.63) is 75.4 Å². The molecule has 2 aliphatic heterocycles. The Bertz CT molecular complexity index is 1720. The van der Waals surface area contributed by atoms with Gasteiger partial charge in [0.1, 0.15) is 5.57 Å². The molecule has 6 rings (SSSR count). The van der Waals surface area contributed by atoms with E-state index < -0.39 is 24.3 Å². The van der Waals surface area contributed by atoms with Crippen molar-refractivity contribution in [3.63, 3.8) is 0 Å². The van der Waals surface area contributed by atoms with E-state index in [0.29, 0.717) is 52.2 Å². The molecule has 242 valence electrons. The molecule has 4 N–H and O–H groups in total. The highest BCUT2D eigenvalue weighted by Gasteiger charge is 2.34. The fourth-order valence-corrected chi connectivity index (χ4v) is 6.85. The van der Waals surface area contributed by atoms with Crippen LogP contribution in [0.1, 0.15) is 30.0 Å². The second kappa shape index (κ2) is 13.2. The lowest BCUT2D eigenvalue weighted by Gasteiger charge is -2.35. The molecule has 4 atom stereocenters. The highest BCUT2D eigenvalue weighted by atomic mass is 35.5. The van der Waals surface area contributed by atoms with Gasteiger partial charge < -0.3 is 35.2 Å². The topological polar surface area (TPSA) is 136 Å². The van der Waals surface area contributed by atoms with Crippen LogP contribution in [0.25, 0.3) is 22.4 Å². The van der Waals surface area contributed by atoms with E-state index >= 15 is 0 Å². The van der Waals surface area contributed by atoms with Gasteiger partial charge in [0.15, 0.2) is 0 Å². The van der Waals surface area contributed by atoms with Crippen LogP contribution in [0.15, 0.2) is 54.2 Å². The van der Waals surface area contributed by atoms with Gasteiger partial charge in [-0.25, -0.2) is 4.98 Å². The van der Waals surface area contributed by atoms with Gasteiger partial charge in [0, 0.05) is 61.2 Å². The molecule has 1 aliphatic carbocycles. The molecule has 3 heterocycles. The lowest BCUT2D eigenvalue weighted by atomic mass is 9.99. The number of halogens is 2. The van der Waals surface area contributed by atoms with E-state index in [1.807, 2.05) is 24.3 Å². The van der Waals surface area contributed by atoms with E-state index in [2.05, 4.69) is 10.6 Å². The second-order valence-electron chi connectivity index (χ2n) is 11.6. The van der Waals surface area contributed by atoms with Gasteiger partial charge in [-0.2, -0.15) is 0 Å². The molecule has 0 saturated carbocycles. The summed E-state index contributed by atoms with van der Waals surface area (Å²) in [5, 5.41) is 27.5. The first-order chi connectivity index (χ1) is 22.1. The van der Waals surface area contributed by atoms with E-state index in [1.54, 1.807) is 32.4 Å². The number of amides is 2. The van der Waals surface area contributed by atoms with E-state index in [9.17, 15) is 19.8 Å². The summed E-state index contributed by atoms with van der Waals surface area (Å²) in [5.74, 6) is -0.779. The molecule has 3 aromatic rings. The summed E-state index contributed by atoms with van der Waals surface area (Å²) in [4.78, 5) is 33.1. The molecule has 0 spiro atoms. The summed E-state index contributed by atoms with van der Waals surface area (Å²) in [6, 6.07) is 12.7. The molecule has 11 nitrogen and oxygen atoms in total. The number of rotatable bonds is 7. The summed E-state index contributed by atoms with van der Waals surface area (Å²) in [6.45, 7) is 0.923. The minimum absolute atomic E-state index is 0.00616. The predicted molar refractivity (Wildman–Crippen MR) is 174 cm³/mol. The van der Waals surface area contributed by atoms with Crippen LogP contribution in [0.3, 0.4) is 0 Å². The zero-order chi connectivity index (χ0) is 32.7. The third-order valence-electron chi connectivity index (χ3n) is 8.75. The number of nitrogens with zero attached hydrogens (tertiary/aromatic N) is 3. The maximum Gasteiger partial charge on any atom is 0.264 e. The lowest BCUT2D eigenvalue weighted by Crippen LogP contribution is -2.51. The predicted octanol–water partition coefficient (Wildman–Crippen LogP) is 3.96. The SMILES string of the molecule is COc1nc(-c2cccc(-c3cccc(NC(=O)C4=CN(C)C(O)N(C)C4=O)c3Cl)c2Cl)cc2c1[C@H](N[C@@H]1CCOC[C@@H]1O)CC2. The van der Waals surface area contributed by atoms with E-state index in [0.717, 1.165) is 35.3 Å². The Morgan fingerprint density at radius 1 is 1.07 bits per heavy atom. The Balaban J connectivity index is 1.29. The van der Waals surface area contributed by atoms with Gasteiger partial charge >= 0.3 is 0 Å². The number of pyridine rings is 1. The quantitative estimate of drug-likeness (QED) is 0.276. The van der Waals surface area contributed by atoms with Crippen molar-refractivity contribution in [1.29, 1.82) is 0 Å². The van der Waals surface area contributed by atoms with Crippen molar-refractivity contribution in [2.45, 2.75) is 43.8 Å². The fraction of sp³-hybridized carbons (Fsp3) is 0.364. The van der Waals surface area contributed by atoms with Gasteiger partial charge in [-0.15, -0.1) is 0 Å². The second-order valence-corrected chi connectivity index (χ2v) is 12.4. The van der Waals surface area contributed by atoms with E-state index in [-0.39, 0.29) is 22.7 Å². The number of hydrogen-bond donors (Lipinski definition) is 4. The molecule has 0 bridgehead atoms. The van der Waals surface area contributed by atoms with E-state index in [4.69, 9.17) is 37.7 Å². The highest BCUT2D eigenvalue weighted by molar-refractivity contribution is 6.40. The minimum Gasteiger partial charge on any atom is -0.481 e. The largest absolute Gasteiger partial charge is 0.481 e. The molecule has 3 aliphatic rings. The molecule has 2 amide bonds. The number of likely N-dealkylation sites (N-methyl/N-ethyl adjacent to an activating group) is 1. The third-order valence-corrected chi connectivity index (χ3v) is 9.56. The molecule has 0 radical (unpaired) electrons. The summed E-state index contributed by atoms with van der Waals surface area (Å²) in [7, 11) is 4.56. The number of hydrogen-bond acceptors (Lipinski definition) is 9. The van der Waals surface area contributed by atoms with Crippen molar-refractivity contribution < 1.29 is 29.3 Å². The van der Waals surface area contributed by atoms with Crippen LogP contribution in [-0.4, -0.2) is 89.7 Å². The Labute approximate surface area is 276 Å². The molecule has 46 heavy (non-hydrogen) atoms. The fourth-order valence-electron chi connectivity index (χ4n) is 6.26. The zero-order valence-corrected chi connectivity index (χ0v) is 27.1. The number of carbonyl (C=O) groups is 2.